The molecule has 0 aliphatic carbocycles. The molecule has 24 nitrogen and oxygen atoms in total. The van der Waals surface area contributed by atoms with Gasteiger partial charge in [0.05, 0.1) is 31.4 Å². The summed E-state index contributed by atoms with van der Waals surface area (Å²) in [6.45, 7) is 10.9. The summed E-state index contributed by atoms with van der Waals surface area (Å²) >= 11 is 6.82. The fraction of sp³-hybridized carbons (Fsp3) is 0.579. The minimum Gasteiger partial charge on any atom is -0.495 e. The van der Waals surface area contributed by atoms with Crippen molar-refractivity contribution in [2.45, 2.75) is 160 Å². The van der Waals surface area contributed by atoms with Crippen LogP contribution in [0.15, 0.2) is 60.2 Å². The van der Waals surface area contributed by atoms with Crippen molar-refractivity contribution in [2.24, 2.45) is 23.3 Å². The van der Waals surface area contributed by atoms with Crippen LogP contribution in [0.25, 0.3) is 0 Å². The normalized spacial score (nSPS) is 24.8. The summed E-state index contributed by atoms with van der Waals surface area (Å²) < 4.78 is 34.8. The molecule has 0 saturated carbocycles. The van der Waals surface area contributed by atoms with E-state index >= 15 is 0 Å². The number of aliphatic hydroxyl groups is 1. The number of carbonyl (C=O) groups is 8. The van der Waals surface area contributed by atoms with E-state index in [-0.39, 0.29) is 62.2 Å². The number of likely N-dealkylation sites (N-methyl/N-ethyl adjacent to an activating group) is 1. The molecule has 4 bridgehead atoms. The van der Waals surface area contributed by atoms with Crippen molar-refractivity contribution in [3.05, 3.63) is 76.3 Å². The third kappa shape index (κ3) is 18.0. The van der Waals surface area contributed by atoms with Crippen LogP contribution in [-0.4, -0.2) is 153 Å². The Bertz CT molecular complexity index is 2670. The average molecular weight is 1170 g/mol. The van der Waals surface area contributed by atoms with Crippen molar-refractivity contribution in [1.29, 1.82) is 0 Å². The fourth-order valence-electron chi connectivity index (χ4n) is 9.63. The number of rotatable bonds is 22. The highest BCUT2D eigenvalue weighted by Crippen LogP contribution is 2.49. The molecule has 10 N–H and O–H groups in total. The van der Waals surface area contributed by atoms with E-state index in [1.807, 2.05) is 13.0 Å². The first-order valence-electron chi connectivity index (χ1n) is 27.5. The smallest absolute Gasteiger partial charge is 0.409 e. The van der Waals surface area contributed by atoms with Gasteiger partial charge in [-0.2, -0.15) is 0 Å². The number of nitrogens with one attached hydrogen (secondary N) is 5. The summed E-state index contributed by atoms with van der Waals surface area (Å²) in [5, 5.41) is 25.2. The van der Waals surface area contributed by atoms with E-state index in [1.54, 1.807) is 83.3 Å². The number of fused-ring (bicyclic) bond motifs is 5. The van der Waals surface area contributed by atoms with E-state index in [1.165, 1.54) is 38.0 Å². The lowest BCUT2D eigenvalue weighted by Crippen LogP contribution is -2.63. The number of epoxide rings is 1. The number of urea groups is 1. The monoisotopic (exact) mass is 1170 g/mol. The van der Waals surface area contributed by atoms with E-state index in [0.717, 1.165) is 11.1 Å². The maximum absolute atomic E-state index is 14.4. The Balaban J connectivity index is 1.14. The topological polar surface area (TPSA) is 334 Å². The number of alkyl carbamates (subject to hydrolysis) is 2. The molecule has 82 heavy (non-hydrogen) atoms. The van der Waals surface area contributed by atoms with Crippen LogP contribution in [0.5, 0.6) is 5.75 Å². The van der Waals surface area contributed by atoms with Gasteiger partial charge in [-0.25, -0.2) is 19.2 Å². The number of halogens is 1. The summed E-state index contributed by atoms with van der Waals surface area (Å²) in [5.74, 6) is -3.01. The van der Waals surface area contributed by atoms with Crippen LogP contribution in [0.1, 0.15) is 104 Å². The van der Waals surface area contributed by atoms with Crippen molar-refractivity contribution in [3.8, 4) is 5.75 Å². The van der Waals surface area contributed by atoms with Crippen LogP contribution in [0, 0.1) is 11.8 Å². The Morgan fingerprint density at radius 1 is 1.00 bits per heavy atom. The zero-order chi connectivity index (χ0) is 60.6. The van der Waals surface area contributed by atoms with Crippen LogP contribution in [0.4, 0.5) is 25.8 Å². The highest BCUT2D eigenvalue weighted by atomic mass is 35.5. The molecule has 452 valence electrons. The molecular formula is C57H82ClN9O15. The molecule has 5 rings (SSSR count). The Kier molecular flexibility index (Phi) is 23.9. The number of ether oxygens (including phenoxy) is 6. The average Bonchev–Trinajstić information content (AvgIpc) is 2.14. The molecule has 3 aliphatic heterocycles. The Morgan fingerprint density at radius 2 is 1.70 bits per heavy atom. The molecule has 0 radical (unpaired) electrons. The first kappa shape index (κ1) is 65.8. The molecule has 10 atom stereocenters. The van der Waals surface area contributed by atoms with Crippen molar-refractivity contribution >= 4 is 70.8 Å². The number of carbonyl (C=O) groups excluding carboxylic acids is 8. The largest absolute Gasteiger partial charge is 0.495 e. The number of hydrogen-bond acceptors (Lipinski definition) is 16. The predicted molar refractivity (Wildman–Crippen MR) is 304 cm³/mol. The number of esters is 1. The van der Waals surface area contributed by atoms with Gasteiger partial charge >= 0.3 is 24.2 Å². The number of primary amides is 1. The van der Waals surface area contributed by atoms with Gasteiger partial charge in [-0.3, -0.25) is 24.5 Å². The first-order valence-corrected chi connectivity index (χ1v) is 27.8. The van der Waals surface area contributed by atoms with Crippen molar-refractivity contribution < 1.29 is 71.9 Å². The van der Waals surface area contributed by atoms with Gasteiger partial charge < -0.3 is 76.1 Å². The number of hydrogen-bond donors (Lipinski definition) is 8. The molecule has 2 saturated heterocycles. The van der Waals surface area contributed by atoms with Crippen LogP contribution >= 0.6 is 11.6 Å². The lowest BCUT2D eigenvalue weighted by Gasteiger charge is -2.42. The van der Waals surface area contributed by atoms with E-state index < -0.39 is 102 Å². The molecular weight excluding hydrogens is 1090 g/mol. The van der Waals surface area contributed by atoms with Crippen molar-refractivity contribution in [1.82, 2.24) is 26.2 Å². The van der Waals surface area contributed by atoms with Gasteiger partial charge in [-0.15, -0.1) is 0 Å². The van der Waals surface area contributed by atoms with E-state index in [2.05, 4.69) is 26.6 Å². The maximum atomic E-state index is 14.4. The number of nitrogens with zero attached hydrogens (tertiary/aromatic N) is 2. The van der Waals surface area contributed by atoms with Crippen LogP contribution in [0.3, 0.4) is 0 Å². The molecule has 2 fully saturated rings. The summed E-state index contributed by atoms with van der Waals surface area (Å²) in [5.41, 5.74) is 11.0. The lowest BCUT2D eigenvalue weighted by atomic mass is 9.83. The second kappa shape index (κ2) is 29.8. The molecule has 0 spiro atoms. The number of benzene rings is 2. The number of nitrogens with two attached hydrogens (primary N) is 2. The van der Waals surface area contributed by atoms with Gasteiger partial charge in [0.15, 0.2) is 5.72 Å². The molecule has 2 aromatic rings. The molecule has 3 heterocycles. The van der Waals surface area contributed by atoms with Crippen LogP contribution in [-0.2, 0) is 60.7 Å². The van der Waals surface area contributed by atoms with Gasteiger partial charge in [-0.05, 0) is 94.2 Å². The fourth-order valence-corrected chi connectivity index (χ4v) is 9.95. The molecule has 2 aromatic carbocycles. The van der Waals surface area contributed by atoms with Crippen LogP contribution in [0.2, 0.25) is 5.02 Å². The van der Waals surface area contributed by atoms with Gasteiger partial charge in [0.25, 0.3) is 0 Å². The number of methoxy groups -OCH3 is 2. The molecule has 3 aliphatic rings. The van der Waals surface area contributed by atoms with Gasteiger partial charge in [0.1, 0.15) is 53.4 Å². The molecule has 0 aromatic heterocycles. The SMILES string of the molecule is COc1cc2cc(c1Cl)N(C)C(=O)C[C@H](OC(=O)[C@H](C)N(C)C(=O)CCCCCNC(=O)OCc1ccc(NC(=O)[C@H](CCCNC(N)=O)NC(=O)[C@@H](N)C(C)C)cc1)[C@]1(C)O[C@H]1[C@H](C)[C@@H]1C[C@@](O)(NC(=O)O1)[C@H](OC)/C=C\C=C(\C)C2. The number of anilines is 2. The summed E-state index contributed by atoms with van der Waals surface area (Å²) in [6, 6.07) is 6.56. The van der Waals surface area contributed by atoms with Gasteiger partial charge in [0, 0.05) is 58.7 Å². The van der Waals surface area contributed by atoms with Crippen molar-refractivity contribution in [3.63, 3.8) is 0 Å². The Morgan fingerprint density at radius 3 is 2.35 bits per heavy atom. The lowest BCUT2D eigenvalue weighted by molar-refractivity contribution is -0.162. The molecule has 0 unspecified atom stereocenters. The second-order valence-electron chi connectivity index (χ2n) is 21.7. The number of amides is 8. The standard InChI is InChI=1S/C57H82ClN9O15/c1-32(2)48(59)51(71)64-39(17-15-25-61-53(60)73)50(70)63-38-22-20-36(21-23-38)31-79-54(74)62-24-13-11-12-19-45(68)66(7)35(5)52(72)81-44-29-46(69)67(8)40-27-37(28-41(77-9)47(40)58)26-33(3)16-14-18-43(78-10)57(76)30-42(80-55(75)65-57)34(4)49-56(44,6)82-49/h14,16,18,20-23,27-28,32,34-35,39,42-44,48-49,76H,11-13,15,17,19,24-26,29-31,59H2,1-10H3,(H,62,74)(H,63,70)(H,64,71)(H,65,75)(H3,60,61,73)/b18-14-,33-16-/t34-,35+,39+,42+,43-,44+,48+,49+,56+,57+/m1/s1. The minimum absolute atomic E-state index is 0.0638. The summed E-state index contributed by atoms with van der Waals surface area (Å²) in [7, 11) is 5.91. The zero-order valence-electron chi connectivity index (χ0n) is 48.5. The Labute approximate surface area is 484 Å². The third-order valence-corrected chi connectivity index (χ3v) is 15.5. The summed E-state index contributed by atoms with van der Waals surface area (Å²) in [6.07, 6.45) is 1.93. The quantitative estimate of drug-likeness (QED) is 0.0338. The van der Waals surface area contributed by atoms with E-state index in [0.29, 0.717) is 54.8 Å². The van der Waals surface area contributed by atoms with Crippen molar-refractivity contribution in [2.75, 3.05) is 51.6 Å². The predicted octanol–water partition coefficient (Wildman–Crippen LogP) is 4.86. The van der Waals surface area contributed by atoms with Gasteiger partial charge in [-0.1, -0.05) is 74.7 Å². The van der Waals surface area contributed by atoms with Gasteiger partial charge in [0.2, 0.25) is 23.6 Å². The molecule has 25 heteroatoms. The number of unbranched alkanes of at least 4 members (excludes halogenated alkanes) is 2. The summed E-state index contributed by atoms with van der Waals surface area (Å²) in [4.78, 5) is 107. The second-order valence-corrected chi connectivity index (χ2v) is 22.0. The number of allylic oxidation sites excluding steroid dienone is 3. The van der Waals surface area contributed by atoms with E-state index in [4.69, 9.17) is 51.5 Å². The third-order valence-electron chi connectivity index (χ3n) is 15.1. The molecule has 8 amide bonds. The minimum atomic E-state index is -1.88. The maximum Gasteiger partial charge on any atom is 0.409 e. The first-order chi connectivity index (χ1) is 38.7. The highest BCUT2D eigenvalue weighted by molar-refractivity contribution is 6.35. The Hall–Kier alpha value is -6.99. The van der Waals surface area contributed by atoms with Crippen LogP contribution < -0.4 is 47.7 Å². The van der Waals surface area contributed by atoms with E-state index in [9.17, 15) is 43.5 Å². The zero-order valence-corrected chi connectivity index (χ0v) is 49.2. The highest BCUT2D eigenvalue weighted by Gasteiger charge is 2.64.